The zero-order valence-corrected chi connectivity index (χ0v) is 11.0. The van der Waals surface area contributed by atoms with Gasteiger partial charge in [-0.05, 0) is 30.4 Å². The zero-order valence-electron chi connectivity index (χ0n) is 11.0. The van der Waals surface area contributed by atoms with Crippen LogP contribution < -0.4 is 0 Å². The lowest BCUT2D eigenvalue weighted by Crippen LogP contribution is -2.45. The number of hydrogen-bond acceptors (Lipinski definition) is 3. The largest absolute Gasteiger partial charge is 0.396 e. The fourth-order valence-corrected chi connectivity index (χ4v) is 2.80. The molecule has 3 heteroatoms. The van der Waals surface area contributed by atoms with Crippen LogP contribution >= 0.6 is 0 Å². The van der Waals surface area contributed by atoms with E-state index in [-0.39, 0.29) is 24.5 Å². The fraction of sp³-hybridized carbons (Fsp3) is 0.600. The minimum atomic E-state index is -0.315. The highest BCUT2D eigenvalue weighted by atomic mass is 16.3. The van der Waals surface area contributed by atoms with Gasteiger partial charge in [0.1, 0.15) is 0 Å². The second-order valence-electron chi connectivity index (χ2n) is 5.40. The van der Waals surface area contributed by atoms with Crippen LogP contribution in [-0.4, -0.2) is 40.9 Å². The molecule has 0 radical (unpaired) electrons. The summed E-state index contributed by atoms with van der Waals surface area (Å²) in [5.41, 5.74) is 1.29. The van der Waals surface area contributed by atoms with Crippen LogP contribution in [0.4, 0.5) is 0 Å². The molecule has 18 heavy (non-hydrogen) atoms. The van der Waals surface area contributed by atoms with E-state index in [9.17, 15) is 10.2 Å². The Hall–Kier alpha value is -0.900. The first-order valence-electron chi connectivity index (χ1n) is 6.76. The molecule has 1 heterocycles. The lowest BCUT2D eigenvalue weighted by molar-refractivity contribution is -0.0139. The monoisotopic (exact) mass is 249 g/mol. The van der Waals surface area contributed by atoms with Crippen LogP contribution in [0.2, 0.25) is 0 Å². The lowest BCUT2D eigenvalue weighted by Gasteiger charge is -2.38. The van der Waals surface area contributed by atoms with Crippen LogP contribution in [0.1, 0.15) is 18.9 Å². The normalized spacial score (nSPS) is 27.1. The summed E-state index contributed by atoms with van der Waals surface area (Å²) in [5.74, 6) is 0.431. The van der Waals surface area contributed by atoms with Gasteiger partial charge in [-0.1, -0.05) is 37.3 Å². The number of nitrogens with zero attached hydrogens (tertiary/aromatic N) is 1. The summed E-state index contributed by atoms with van der Waals surface area (Å²) < 4.78 is 0. The lowest BCUT2D eigenvalue weighted by atomic mass is 9.83. The maximum atomic E-state index is 10.2. The van der Waals surface area contributed by atoms with Crippen LogP contribution in [0.3, 0.4) is 0 Å². The molecule has 1 aromatic rings. The predicted molar refractivity (Wildman–Crippen MR) is 72.1 cm³/mol. The van der Waals surface area contributed by atoms with E-state index in [1.54, 1.807) is 0 Å². The minimum Gasteiger partial charge on any atom is -0.396 e. The van der Waals surface area contributed by atoms with Crippen molar-refractivity contribution >= 4 is 0 Å². The van der Waals surface area contributed by atoms with Crippen molar-refractivity contribution in [1.29, 1.82) is 0 Å². The third-order valence-electron chi connectivity index (χ3n) is 3.99. The second-order valence-corrected chi connectivity index (χ2v) is 5.40. The second kappa shape index (κ2) is 6.32. The number of aliphatic hydroxyl groups is 2. The molecule has 1 aliphatic heterocycles. The average molecular weight is 249 g/mol. The molecule has 1 aromatic carbocycles. The van der Waals surface area contributed by atoms with Gasteiger partial charge in [0.2, 0.25) is 0 Å². The quantitative estimate of drug-likeness (QED) is 0.850. The number of piperidine rings is 1. The van der Waals surface area contributed by atoms with Crippen LogP contribution in [0, 0.1) is 11.8 Å². The Morgan fingerprint density at radius 3 is 2.67 bits per heavy atom. The summed E-state index contributed by atoms with van der Waals surface area (Å²) in [5, 5.41) is 19.3. The summed E-state index contributed by atoms with van der Waals surface area (Å²) in [6.07, 6.45) is 0.653. The Labute approximate surface area is 109 Å². The molecule has 1 fully saturated rings. The van der Waals surface area contributed by atoms with Gasteiger partial charge < -0.3 is 10.2 Å². The number of hydrogen-bond donors (Lipinski definition) is 2. The van der Waals surface area contributed by atoms with E-state index in [4.69, 9.17) is 0 Å². The van der Waals surface area contributed by atoms with E-state index >= 15 is 0 Å². The molecule has 1 aliphatic rings. The van der Waals surface area contributed by atoms with Gasteiger partial charge in [0.25, 0.3) is 0 Å². The Kier molecular flexibility index (Phi) is 4.75. The van der Waals surface area contributed by atoms with Crippen molar-refractivity contribution in [2.75, 3.05) is 19.7 Å². The van der Waals surface area contributed by atoms with Crippen molar-refractivity contribution in [2.24, 2.45) is 11.8 Å². The Balaban J connectivity index is 1.88. The van der Waals surface area contributed by atoms with Crippen molar-refractivity contribution in [2.45, 2.75) is 26.0 Å². The molecule has 1 saturated heterocycles. The molecule has 0 bridgehead atoms. The molecule has 0 spiro atoms. The number of likely N-dealkylation sites (tertiary alicyclic amines) is 1. The first kappa shape index (κ1) is 13.5. The molecule has 3 atom stereocenters. The van der Waals surface area contributed by atoms with Gasteiger partial charge in [0.05, 0.1) is 6.10 Å². The van der Waals surface area contributed by atoms with Crippen molar-refractivity contribution < 1.29 is 10.2 Å². The highest BCUT2D eigenvalue weighted by Gasteiger charge is 2.30. The molecule has 0 saturated carbocycles. The van der Waals surface area contributed by atoms with Crippen molar-refractivity contribution in [1.82, 2.24) is 4.90 Å². The maximum absolute atomic E-state index is 10.2. The van der Waals surface area contributed by atoms with Gasteiger partial charge in [-0.3, -0.25) is 4.90 Å². The van der Waals surface area contributed by atoms with Crippen LogP contribution in [0.5, 0.6) is 0 Å². The Morgan fingerprint density at radius 2 is 2.06 bits per heavy atom. The van der Waals surface area contributed by atoms with Crippen molar-refractivity contribution in [3.63, 3.8) is 0 Å². The van der Waals surface area contributed by atoms with E-state index in [1.165, 1.54) is 5.56 Å². The number of benzene rings is 1. The zero-order chi connectivity index (χ0) is 13.0. The smallest absolute Gasteiger partial charge is 0.0699 e. The topological polar surface area (TPSA) is 43.7 Å². The third-order valence-corrected chi connectivity index (χ3v) is 3.99. The summed E-state index contributed by atoms with van der Waals surface area (Å²) in [4.78, 5) is 2.29. The SMILES string of the molecule is CC(CO)[C@@H]1CCN(Cc2ccccc2)C[C@H]1O. The van der Waals surface area contributed by atoms with E-state index in [1.807, 2.05) is 25.1 Å². The van der Waals surface area contributed by atoms with Crippen molar-refractivity contribution in [3.05, 3.63) is 35.9 Å². The van der Waals surface area contributed by atoms with E-state index in [2.05, 4.69) is 17.0 Å². The first-order chi connectivity index (χ1) is 8.70. The molecule has 0 amide bonds. The molecule has 100 valence electrons. The first-order valence-corrected chi connectivity index (χ1v) is 6.76. The highest BCUT2D eigenvalue weighted by Crippen LogP contribution is 2.25. The van der Waals surface area contributed by atoms with E-state index in [0.717, 1.165) is 19.5 Å². The molecular weight excluding hydrogens is 226 g/mol. The van der Waals surface area contributed by atoms with Gasteiger partial charge in [0, 0.05) is 19.7 Å². The molecule has 0 aromatic heterocycles. The molecular formula is C15H23NO2. The highest BCUT2D eigenvalue weighted by molar-refractivity contribution is 5.14. The fourth-order valence-electron chi connectivity index (χ4n) is 2.80. The summed E-state index contributed by atoms with van der Waals surface area (Å²) in [6, 6.07) is 10.4. The molecule has 1 unspecified atom stereocenters. The van der Waals surface area contributed by atoms with Crippen LogP contribution in [-0.2, 0) is 6.54 Å². The van der Waals surface area contributed by atoms with Crippen molar-refractivity contribution in [3.8, 4) is 0 Å². The van der Waals surface area contributed by atoms with Crippen LogP contribution in [0.15, 0.2) is 30.3 Å². The molecule has 2 N–H and O–H groups in total. The third kappa shape index (κ3) is 3.31. The Bertz CT molecular complexity index is 355. The maximum Gasteiger partial charge on any atom is 0.0699 e. The van der Waals surface area contributed by atoms with Gasteiger partial charge >= 0.3 is 0 Å². The minimum absolute atomic E-state index is 0.167. The number of rotatable bonds is 4. The molecule has 3 nitrogen and oxygen atoms in total. The summed E-state index contributed by atoms with van der Waals surface area (Å²) in [6.45, 7) is 4.80. The summed E-state index contributed by atoms with van der Waals surface area (Å²) in [7, 11) is 0. The van der Waals surface area contributed by atoms with Crippen LogP contribution in [0.25, 0.3) is 0 Å². The van der Waals surface area contributed by atoms with Gasteiger partial charge in [-0.25, -0.2) is 0 Å². The summed E-state index contributed by atoms with van der Waals surface area (Å²) >= 11 is 0. The Morgan fingerprint density at radius 1 is 1.33 bits per heavy atom. The molecule has 0 aliphatic carbocycles. The molecule has 2 rings (SSSR count). The van der Waals surface area contributed by atoms with Gasteiger partial charge in [-0.15, -0.1) is 0 Å². The average Bonchev–Trinajstić information content (AvgIpc) is 2.39. The number of aliphatic hydroxyl groups excluding tert-OH is 2. The predicted octanol–water partition coefficient (Wildman–Crippen LogP) is 1.50. The van der Waals surface area contributed by atoms with E-state index < -0.39 is 0 Å². The van der Waals surface area contributed by atoms with Gasteiger partial charge in [-0.2, -0.15) is 0 Å². The standard InChI is InChI=1S/C15H23NO2/c1-12(11-17)14-7-8-16(10-15(14)18)9-13-5-3-2-4-6-13/h2-6,12,14-15,17-18H,7-11H2,1H3/t12?,14-,15+/m0/s1. The number of β-amino-alcohol motifs (C(OH)–C–C–N with tert-alkyl or cyclic N) is 1. The van der Waals surface area contributed by atoms with Gasteiger partial charge in [0.15, 0.2) is 0 Å². The van der Waals surface area contributed by atoms with E-state index in [0.29, 0.717) is 6.54 Å².